The Morgan fingerprint density at radius 1 is 1.10 bits per heavy atom. The Hall–Kier alpha value is -3.12. The Morgan fingerprint density at radius 3 is 2.50 bits per heavy atom. The summed E-state index contributed by atoms with van der Waals surface area (Å²) in [5.41, 5.74) is -2.80. The van der Waals surface area contributed by atoms with Gasteiger partial charge in [-0.2, -0.15) is 21.6 Å². The van der Waals surface area contributed by atoms with Crippen molar-refractivity contribution in [2.45, 2.75) is 43.4 Å². The van der Waals surface area contributed by atoms with Crippen LogP contribution in [0, 0.1) is 5.92 Å². The third-order valence-corrected chi connectivity index (χ3v) is 8.49. The number of para-hydroxylation sites is 1. The van der Waals surface area contributed by atoms with Gasteiger partial charge in [0, 0.05) is 37.1 Å². The number of hydrogen-bond acceptors (Lipinski definition) is 6. The van der Waals surface area contributed by atoms with Crippen molar-refractivity contribution in [2.24, 2.45) is 5.92 Å². The number of rotatable bonds is 9. The van der Waals surface area contributed by atoms with E-state index >= 15 is 4.39 Å². The summed E-state index contributed by atoms with van der Waals surface area (Å²) in [6.45, 7) is 3.73. The molecule has 0 aromatic heterocycles. The van der Waals surface area contributed by atoms with Crippen molar-refractivity contribution in [3.63, 3.8) is 0 Å². The number of nitrogens with zero attached hydrogens (tertiary/aromatic N) is 2. The summed E-state index contributed by atoms with van der Waals surface area (Å²) >= 11 is 0. The van der Waals surface area contributed by atoms with E-state index in [1.807, 2.05) is 43.3 Å². The van der Waals surface area contributed by atoms with Crippen molar-refractivity contribution in [3.8, 4) is 5.75 Å². The molecule has 2 aromatic carbocycles. The van der Waals surface area contributed by atoms with Gasteiger partial charge < -0.3 is 14.4 Å². The first-order valence-electron chi connectivity index (χ1n) is 13.1. The van der Waals surface area contributed by atoms with Crippen LogP contribution in [0.4, 0.5) is 27.6 Å². The second-order valence-corrected chi connectivity index (χ2v) is 11.9. The second kappa shape index (κ2) is 11.0. The zero-order valence-electron chi connectivity index (χ0n) is 21.7. The number of alkyl halides is 4. The predicted molar refractivity (Wildman–Crippen MR) is 142 cm³/mol. The summed E-state index contributed by atoms with van der Waals surface area (Å²) in [5.74, 6) is -1.50. The minimum atomic E-state index is -5.83. The van der Waals surface area contributed by atoms with Gasteiger partial charge in [0.2, 0.25) is 0 Å². The first-order valence-corrected chi connectivity index (χ1v) is 14.5. The van der Waals surface area contributed by atoms with E-state index in [0.717, 1.165) is 18.8 Å². The number of halogens is 5. The zero-order valence-corrected chi connectivity index (χ0v) is 22.6. The highest BCUT2D eigenvalue weighted by molar-refractivity contribution is 7.88. The molecule has 5 rings (SSSR count). The highest BCUT2D eigenvalue weighted by atomic mass is 32.2. The topological polar surface area (TPSA) is 61.9 Å². The smallest absolute Gasteiger partial charge is 0.380 e. The molecule has 3 atom stereocenters. The number of hydrogen-bond donors (Lipinski definition) is 1. The van der Waals surface area contributed by atoms with Crippen molar-refractivity contribution in [1.82, 2.24) is 10.2 Å². The molecular formula is C28H30F5N3O3S. The van der Waals surface area contributed by atoms with Gasteiger partial charge in [0.25, 0.3) is 0 Å². The molecule has 12 heteroatoms. The van der Waals surface area contributed by atoms with Crippen LogP contribution >= 0.6 is 0 Å². The molecule has 1 aliphatic carbocycles. The van der Waals surface area contributed by atoms with Crippen LogP contribution in [0.25, 0.3) is 0 Å². The molecule has 1 fully saturated rings. The van der Waals surface area contributed by atoms with Gasteiger partial charge in [-0.1, -0.05) is 24.3 Å². The molecule has 0 bridgehead atoms. The molecule has 40 heavy (non-hydrogen) atoms. The fraction of sp³-hybridized carbons (Fsp3) is 0.429. The lowest BCUT2D eigenvalue weighted by Gasteiger charge is -2.46. The summed E-state index contributed by atoms with van der Waals surface area (Å²) in [6, 6.07) is 12.8. The largest absolute Gasteiger partial charge is 0.534 e. The maximum absolute atomic E-state index is 15.6. The predicted octanol–water partition coefficient (Wildman–Crippen LogP) is 5.41. The van der Waals surface area contributed by atoms with E-state index in [9.17, 15) is 26.0 Å². The van der Waals surface area contributed by atoms with Crippen molar-refractivity contribution in [3.05, 3.63) is 83.3 Å². The molecule has 2 aliphatic heterocycles. The van der Waals surface area contributed by atoms with Crippen LogP contribution in [0.3, 0.4) is 0 Å². The number of allylic oxidation sites excluding steroid dienone is 1. The van der Waals surface area contributed by atoms with E-state index in [0.29, 0.717) is 36.2 Å². The number of fused-ring (bicyclic) bond motifs is 1. The van der Waals surface area contributed by atoms with Crippen LogP contribution in [0.5, 0.6) is 5.75 Å². The van der Waals surface area contributed by atoms with E-state index in [1.54, 1.807) is 0 Å². The third-order valence-electron chi connectivity index (χ3n) is 7.51. The van der Waals surface area contributed by atoms with E-state index in [1.165, 1.54) is 24.3 Å². The van der Waals surface area contributed by atoms with E-state index in [-0.39, 0.29) is 24.6 Å². The minimum absolute atomic E-state index is 0.117. The van der Waals surface area contributed by atoms with E-state index < -0.39 is 33.3 Å². The van der Waals surface area contributed by atoms with Crippen LogP contribution in [-0.2, 0) is 16.5 Å². The van der Waals surface area contributed by atoms with Gasteiger partial charge in [0.05, 0.1) is 24.7 Å². The van der Waals surface area contributed by atoms with E-state index in [2.05, 4.69) is 19.3 Å². The molecule has 0 saturated carbocycles. The van der Waals surface area contributed by atoms with Crippen molar-refractivity contribution >= 4 is 15.8 Å². The normalized spacial score (nSPS) is 23.8. The SMILES string of the molecule is C[C@@H]1Cc2cc(OS(=O)(=O)C(F)(F)F)ccc2[C@@H](C2C=C(NC3CN(CCCF)C3)C=C2F)N1c1ccccc1. The maximum Gasteiger partial charge on any atom is 0.534 e. The highest BCUT2D eigenvalue weighted by Gasteiger charge is 2.49. The molecule has 6 nitrogen and oxygen atoms in total. The molecule has 2 heterocycles. The van der Waals surface area contributed by atoms with Crippen molar-refractivity contribution in [1.29, 1.82) is 0 Å². The van der Waals surface area contributed by atoms with Gasteiger partial charge in [0.1, 0.15) is 11.6 Å². The van der Waals surface area contributed by atoms with Gasteiger partial charge >= 0.3 is 15.6 Å². The van der Waals surface area contributed by atoms with Crippen LogP contribution < -0.4 is 14.4 Å². The number of benzene rings is 2. The molecule has 0 radical (unpaired) electrons. The number of anilines is 1. The van der Waals surface area contributed by atoms with E-state index in [4.69, 9.17) is 0 Å². The Labute approximate surface area is 230 Å². The van der Waals surface area contributed by atoms with Gasteiger partial charge in [-0.05, 0) is 67.3 Å². The molecule has 0 spiro atoms. The van der Waals surface area contributed by atoms with Gasteiger partial charge in [0.15, 0.2) is 0 Å². The molecule has 2 aromatic rings. The quantitative estimate of drug-likeness (QED) is 0.242. The number of likely N-dealkylation sites (tertiary alicyclic amines) is 1. The molecule has 1 N–H and O–H groups in total. The lowest BCUT2D eigenvalue weighted by molar-refractivity contribution is -0.0500. The lowest BCUT2D eigenvalue weighted by atomic mass is 9.81. The first-order chi connectivity index (χ1) is 19.0. The number of nitrogens with one attached hydrogen (secondary N) is 1. The Morgan fingerprint density at radius 2 is 1.82 bits per heavy atom. The fourth-order valence-electron chi connectivity index (χ4n) is 5.76. The summed E-state index contributed by atoms with van der Waals surface area (Å²) in [6.07, 6.45) is 4.15. The maximum atomic E-state index is 15.6. The molecular weight excluding hydrogens is 553 g/mol. The fourth-order valence-corrected chi connectivity index (χ4v) is 6.21. The Balaban J connectivity index is 1.45. The molecule has 216 valence electrons. The lowest BCUT2D eigenvalue weighted by Crippen LogP contribution is -2.57. The highest BCUT2D eigenvalue weighted by Crippen LogP contribution is 2.47. The van der Waals surface area contributed by atoms with Crippen molar-refractivity contribution in [2.75, 3.05) is 31.2 Å². The standard InChI is InChI=1S/C28H30F5N3O3S/c1-18-12-19-13-23(39-40(37,38)28(31,32)33)8-9-24(19)27(36(18)22-6-3-2-4-7-22)25-14-20(15-26(25)30)34-21-16-35(17-21)11-5-10-29/h2-4,6-9,13-15,18,21,25,27,34H,5,10-12,16-17H2,1H3/t18-,25?,27+/m1/s1. The summed E-state index contributed by atoms with van der Waals surface area (Å²) in [5, 5.41) is 3.36. The monoisotopic (exact) mass is 583 g/mol. The zero-order chi connectivity index (χ0) is 28.7. The van der Waals surface area contributed by atoms with Crippen LogP contribution in [-0.4, -0.2) is 57.2 Å². The van der Waals surface area contributed by atoms with Gasteiger partial charge in [-0.15, -0.1) is 0 Å². The molecule has 3 aliphatic rings. The Kier molecular flexibility index (Phi) is 7.84. The molecule has 0 amide bonds. The third kappa shape index (κ3) is 5.69. The molecule has 1 unspecified atom stereocenters. The summed E-state index contributed by atoms with van der Waals surface area (Å²) in [7, 11) is -5.83. The summed E-state index contributed by atoms with van der Waals surface area (Å²) < 4.78 is 94.3. The molecule has 1 saturated heterocycles. The van der Waals surface area contributed by atoms with Crippen LogP contribution in [0.2, 0.25) is 0 Å². The van der Waals surface area contributed by atoms with Gasteiger partial charge in [-0.25, -0.2) is 4.39 Å². The minimum Gasteiger partial charge on any atom is -0.380 e. The average molecular weight is 584 g/mol. The second-order valence-electron chi connectivity index (χ2n) is 10.4. The van der Waals surface area contributed by atoms with Crippen molar-refractivity contribution < 1.29 is 34.6 Å². The van der Waals surface area contributed by atoms with Crippen LogP contribution in [0.15, 0.2) is 72.2 Å². The summed E-state index contributed by atoms with van der Waals surface area (Å²) in [4.78, 5) is 4.22. The average Bonchev–Trinajstić information content (AvgIpc) is 3.23. The van der Waals surface area contributed by atoms with Crippen LogP contribution in [0.1, 0.15) is 30.5 Å². The first kappa shape index (κ1) is 28.4. The Bertz CT molecular complexity index is 1390. The van der Waals surface area contributed by atoms with Gasteiger partial charge in [-0.3, -0.25) is 9.29 Å².